The lowest BCUT2D eigenvalue weighted by atomic mass is 9.95. The van der Waals surface area contributed by atoms with E-state index in [1.54, 1.807) is 12.4 Å². The molecular weight excluding hydrogens is 396 g/mol. The summed E-state index contributed by atoms with van der Waals surface area (Å²) in [5.41, 5.74) is 8.27. The molecule has 4 nitrogen and oxygen atoms in total. The van der Waals surface area contributed by atoms with Crippen molar-refractivity contribution >= 4 is 23.8 Å². The van der Waals surface area contributed by atoms with Gasteiger partial charge in [0.25, 0.3) is 0 Å². The Balaban J connectivity index is 2.15. The Hall–Kier alpha value is -3.40. The largest absolute Gasteiger partial charge is 0.507 e. The first kappa shape index (κ1) is 23.3. The van der Waals surface area contributed by atoms with Crippen molar-refractivity contribution in [3.8, 4) is 11.5 Å². The lowest BCUT2D eigenvalue weighted by Gasteiger charge is -2.16. The van der Waals surface area contributed by atoms with Crippen molar-refractivity contribution in [2.45, 2.75) is 53.9 Å². The zero-order valence-electron chi connectivity index (χ0n) is 19.6. The van der Waals surface area contributed by atoms with E-state index in [0.717, 1.165) is 47.3 Å². The van der Waals surface area contributed by atoms with Crippen LogP contribution in [0, 0.1) is 13.8 Å². The molecule has 0 saturated carbocycles. The van der Waals surface area contributed by atoms with Crippen LogP contribution in [0.2, 0.25) is 0 Å². The minimum absolute atomic E-state index is 0.255. The zero-order valence-corrected chi connectivity index (χ0v) is 19.6. The lowest BCUT2D eigenvalue weighted by Crippen LogP contribution is -1.97. The summed E-state index contributed by atoms with van der Waals surface area (Å²) in [6.07, 6.45) is 5.97. The van der Waals surface area contributed by atoms with Gasteiger partial charge in [-0.15, -0.1) is 0 Å². The molecule has 4 heteroatoms. The molecule has 0 radical (unpaired) electrons. The molecule has 0 aromatic heterocycles. The van der Waals surface area contributed by atoms with Gasteiger partial charge in [-0.05, 0) is 67.5 Å². The molecule has 0 atom stereocenters. The number of hydrogen-bond donors (Lipinski definition) is 2. The van der Waals surface area contributed by atoms with Crippen molar-refractivity contribution in [1.29, 1.82) is 0 Å². The van der Waals surface area contributed by atoms with Gasteiger partial charge in [0.05, 0.1) is 11.4 Å². The molecule has 0 saturated heterocycles. The van der Waals surface area contributed by atoms with Crippen LogP contribution in [0.25, 0.3) is 0 Å². The Morgan fingerprint density at radius 1 is 0.688 bits per heavy atom. The van der Waals surface area contributed by atoms with Gasteiger partial charge >= 0.3 is 0 Å². The van der Waals surface area contributed by atoms with Gasteiger partial charge in [0, 0.05) is 29.1 Å². The summed E-state index contributed by atoms with van der Waals surface area (Å²) in [5.74, 6) is 0.511. The van der Waals surface area contributed by atoms with Gasteiger partial charge in [0.2, 0.25) is 0 Å². The van der Waals surface area contributed by atoms with Crippen molar-refractivity contribution in [2.75, 3.05) is 0 Å². The fourth-order valence-electron chi connectivity index (χ4n) is 3.88. The third kappa shape index (κ3) is 4.75. The molecule has 3 rings (SSSR count). The predicted octanol–water partition coefficient (Wildman–Crippen LogP) is 6.90. The Morgan fingerprint density at radius 2 is 1.12 bits per heavy atom. The van der Waals surface area contributed by atoms with Crippen LogP contribution in [0.3, 0.4) is 0 Å². The summed E-state index contributed by atoms with van der Waals surface area (Å²) < 4.78 is 0. The molecule has 3 aromatic carbocycles. The first-order valence-corrected chi connectivity index (χ1v) is 11.2. The molecule has 0 bridgehead atoms. The van der Waals surface area contributed by atoms with Gasteiger partial charge in [0.15, 0.2) is 0 Å². The van der Waals surface area contributed by atoms with E-state index in [0.29, 0.717) is 11.1 Å². The van der Waals surface area contributed by atoms with Crippen molar-refractivity contribution in [1.82, 2.24) is 0 Å². The lowest BCUT2D eigenvalue weighted by molar-refractivity contribution is 0.470. The van der Waals surface area contributed by atoms with Gasteiger partial charge in [-0.1, -0.05) is 51.1 Å². The van der Waals surface area contributed by atoms with E-state index in [2.05, 4.69) is 26.8 Å². The number of rotatable bonds is 7. The molecule has 32 heavy (non-hydrogen) atoms. The summed E-state index contributed by atoms with van der Waals surface area (Å²) in [6.45, 7) is 10.1. The van der Waals surface area contributed by atoms with Crippen LogP contribution in [-0.2, 0) is 19.3 Å². The summed E-state index contributed by atoms with van der Waals surface area (Å²) >= 11 is 0. The molecule has 0 aliphatic heterocycles. The highest BCUT2D eigenvalue weighted by Crippen LogP contribution is 2.38. The second-order valence-electron chi connectivity index (χ2n) is 7.97. The molecule has 0 aliphatic rings. The number of hydrogen-bond acceptors (Lipinski definition) is 4. The third-order valence-electron chi connectivity index (χ3n) is 5.85. The van der Waals surface area contributed by atoms with E-state index in [4.69, 9.17) is 9.98 Å². The first-order valence-electron chi connectivity index (χ1n) is 11.2. The van der Waals surface area contributed by atoms with Gasteiger partial charge in [-0.3, -0.25) is 9.98 Å². The first-order chi connectivity index (χ1) is 15.4. The van der Waals surface area contributed by atoms with Crippen LogP contribution in [0.4, 0.5) is 11.4 Å². The van der Waals surface area contributed by atoms with E-state index in [-0.39, 0.29) is 11.5 Å². The maximum atomic E-state index is 10.4. The van der Waals surface area contributed by atoms with Crippen molar-refractivity contribution < 1.29 is 10.2 Å². The van der Waals surface area contributed by atoms with Crippen LogP contribution >= 0.6 is 0 Å². The number of phenolic OH excluding ortho intramolecular Hbond substituents is 2. The average Bonchev–Trinajstić information content (AvgIpc) is 2.80. The third-order valence-corrected chi connectivity index (χ3v) is 5.85. The van der Waals surface area contributed by atoms with Crippen molar-refractivity contribution in [2.24, 2.45) is 9.98 Å². The number of phenols is 2. The SMILES string of the molecule is CCc1cc(CC)c(N=Cc2cccc(C)c2O)c(CC)c1N=Cc1cccc(C)c1O. The minimum Gasteiger partial charge on any atom is -0.507 e. The van der Waals surface area contributed by atoms with E-state index in [1.165, 1.54) is 11.1 Å². The van der Waals surface area contributed by atoms with E-state index in [9.17, 15) is 10.2 Å². The molecule has 2 N–H and O–H groups in total. The van der Waals surface area contributed by atoms with Crippen LogP contribution < -0.4 is 0 Å². The fourth-order valence-corrected chi connectivity index (χ4v) is 3.88. The highest BCUT2D eigenvalue weighted by Gasteiger charge is 2.15. The van der Waals surface area contributed by atoms with Gasteiger partial charge in [0.1, 0.15) is 11.5 Å². The van der Waals surface area contributed by atoms with Crippen LogP contribution in [0.5, 0.6) is 11.5 Å². The summed E-state index contributed by atoms with van der Waals surface area (Å²) in [7, 11) is 0. The standard InChI is InChI=1S/C28H32N2O2/c1-6-20-15-21(7-2)26(30-17-23-14-10-12-19(5)28(23)32)24(8-3)25(20)29-16-22-13-9-11-18(4)27(22)31/h9-17,31-32H,6-8H2,1-5H3. The zero-order chi connectivity index (χ0) is 23.3. The van der Waals surface area contributed by atoms with Crippen LogP contribution in [-0.4, -0.2) is 22.6 Å². The van der Waals surface area contributed by atoms with Gasteiger partial charge in [-0.2, -0.15) is 0 Å². The predicted molar refractivity (Wildman–Crippen MR) is 135 cm³/mol. The molecular formula is C28H32N2O2. The minimum atomic E-state index is 0.255. The number of aliphatic imine (C=N–C) groups is 2. The van der Waals surface area contributed by atoms with Crippen molar-refractivity contribution in [3.05, 3.63) is 81.4 Å². The average molecular weight is 429 g/mol. The molecule has 0 unspecified atom stereocenters. The Bertz CT molecular complexity index is 1090. The Kier molecular flexibility index (Phi) is 7.47. The summed E-state index contributed by atoms with van der Waals surface area (Å²) in [4.78, 5) is 9.67. The van der Waals surface area contributed by atoms with Gasteiger partial charge in [-0.25, -0.2) is 0 Å². The fraction of sp³-hybridized carbons (Fsp3) is 0.286. The highest BCUT2D eigenvalue weighted by atomic mass is 16.3. The highest BCUT2D eigenvalue weighted by molar-refractivity contribution is 5.89. The second kappa shape index (κ2) is 10.3. The molecule has 166 valence electrons. The normalized spacial score (nSPS) is 11.7. The number of nitrogens with zero attached hydrogens (tertiary/aromatic N) is 2. The summed E-state index contributed by atoms with van der Waals surface area (Å²) in [6, 6.07) is 13.5. The molecule has 0 fully saturated rings. The monoisotopic (exact) mass is 428 g/mol. The smallest absolute Gasteiger partial charge is 0.127 e. The number of aryl methyl sites for hydroxylation is 4. The van der Waals surface area contributed by atoms with Crippen molar-refractivity contribution in [3.63, 3.8) is 0 Å². The molecule has 0 aliphatic carbocycles. The molecule has 0 spiro atoms. The number of aromatic hydroxyl groups is 2. The number of benzene rings is 3. The van der Waals surface area contributed by atoms with Crippen LogP contribution in [0.1, 0.15) is 59.7 Å². The van der Waals surface area contributed by atoms with Gasteiger partial charge < -0.3 is 10.2 Å². The quantitative estimate of drug-likeness (QED) is 0.402. The maximum absolute atomic E-state index is 10.4. The topological polar surface area (TPSA) is 65.2 Å². The molecule has 3 aromatic rings. The number of para-hydroxylation sites is 2. The maximum Gasteiger partial charge on any atom is 0.127 e. The Morgan fingerprint density at radius 3 is 1.50 bits per heavy atom. The summed E-state index contributed by atoms with van der Waals surface area (Å²) in [5, 5.41) is 20.8. The Labute approximate surface area is 191 Å². The van der Waals surface area contributed by atoms with E-state index in [1.807, 2.05) is 50.2 Å². The second-order valence-corrected chi connectivity index (χ2v) is 7.97. The van der Waals surface area contributed by atoms with Crippen LogP contribution in [0.15, 0.2) is 52.4 Å². The molecule has 0 amide bonds. The van der Waals surface area contributed by atoms with E-state index < -0.39 is 0 Å². The van der Waals surface area contributed by atoms with E-state index >= 15 is 0 Å². The molecule has 0 heterocycles.